The number of sulfonamides is 2. The SMILES string of the molecule is COc1ccc(C)cc1S(=O)(=O)N1CCC[C@@H](C(=O)NCc2ccc(S(=O)(=O)N3CCCCC3)cc2)C1. The van der Waals surface area contributed by atoms with Gasteiger partial charge in [0.2, 0.25) is 26.0 Å². The van der Waals surface area contributed by atoms with Crippen molar-refractivity contribution in [3.8, 4) is 5.75 Å². The van der Waals surface area contributed by atoms with Crippen molar-refractivity contribution >= 4 is 26.0 Å². The zero-order chi connectivity index (χ0) is 26.6. The van der Waals surface area contributed by atoms with Crippen molar-refractivity contribution in [1.82, 2.24) is 13.9 Å². The zero-order valence-corrected chi connectivity index (χ0v) is 23.0. The molecule has 2 heterocycles. The molecule has 9 nitrogen and oxygen atoms in total. The van der Waals surface area contributed by atoms with Crippen LogP contribution in [0.5, 0.6) is 5.75 Å². The summed E-state index contributed by atoms with van der Waals surface area (Å²) >= 11 is 0. The molecule has 1 atom stereocenters. The maximum absolute atomic E-state index is 13.4. The number of rotatable bonds is 8. The number of hydrogen-bond acceptors (Lipinski definition) is 6. The molecule has 1 N–H and O–H groups in total. The van der Waals surface area contributed by atoms with E-state index in [4.69, 9.17) is 4.74 Å². The smallest absolute Gasteiger partial charge is 0.246 e. The fourth-order valence-electron chi connectivity index (χ4n) is 4.87. The molecule has 2 aliphatic rings. The highest BCUT2D eigenvalue weighted by molar-refractivity contribution is 7.89. The third-order valence-corrected chi connectivity index (χ3v) is 10.8. The van der Waals surface area contributed by atoms with E-state index in [0.717, 1.165) is 30.4 Å². The van der Waals surface area contributed by atoms with E-state index in [1.54, 1.807) is 42.5 Å². The van der Waals surface area contributed by atoms with Crippen LogP contribution in [0.25, 0.3) is 0 Å². The number of piperidine rings is 2. The predicted octanol–water partition coefficient (Wildman–Crippen LogP) is 2.90. The first-order valence-electron chi connectivity index (χ1n) is 12.6. The Balaban J connectivity index is 1.38. The molecule has 0 radical (unpaired) electrons. The monoisotopic (exact) mass is 549 g/mol. The van der Waals surface area contributed by atoms with Gasteiger partial charge in [0.15, 0.2) is 0 Å². The van der Waals surface area contributed by atoms with Crippen LogP contribution in [0.2, 0.25) is 0 Å². The van der Waals surface area contributed by atoms with Crippen LogP contribution in [0, 0.1) is 12.8 Å². The van der Waals surface area contributed by atoms with Gasteiger partial charge in [-0.15, -0.1) is 0 Å². The Morgan fingerprint density at radius 2 is 1.59 bits per heavy atom. The topological polar surface area (TPSA) is 113 Å². The van der Waals surface area contributed by atoms with Crippen molar-refractivity contribution in [2.45, 2.75) is 55.4 Å². The number of aryl methyl sites for hydroxylation is 1. The number of hydrogen-bond donors (Lipinski definition) is 1. The molecule has 202 valence electrons. The summed E-state index contributed by atoms with van der Waals surface area (Å²) in [7, 11) is -5.89. The summed E-state index contributed by atoms with van der Waals surface area (Å²) in [5, 5.41) is 2.89. The van der Waals surface area contributed by atoms with Gasteiger partial charge in [-0.25, -0.2) is 16.8 Å². The van der Waals surface area contributed by atoms with Crippen LogP contribution >= 0.6 is 0 Å². The Morgan fingerprint density at radius 1 is 0.919 bits per heavy atom. The molecule has 11 heteroatoms. The van der Waals surface area contributed by atoms with Gasteiger partial charge < -0.3 is 10.1 Å². The summed E-state index contributed by atoms with van der Waals surface area (Å²) in [5.74, 6) is -0.415. The van der Waals surface area contributed by atoms with Crippen LogP contribution in [0.4, 0.5) is 0 Å². The molecule has 0 aromatic heterocycles. The molecule has 2 aromatic rings. The van der Waals surface area contributed by atoms with Gasteiger partial charge in [0, 0.05) is 32.7 Å². The number of benzene rings is 2. The third kappa shape index (κ3) is 6.17. The Labute approximate surface area is 219 Å². The molecule has 37 heavy (non-hydrogen) atoms. The molecule has 0 unspecified atom stereocenters. The molecule has 0 bridgehead atoms. The van der Waals surface area contributed by atoms with Crippen LogP contribution < -0.4 is 10.1 Å². The highest BCUT2D eigenvalue weighted by atomic mass is 32.2. The second kappa shape index (κ2) is 11.5. The maximum atomic E-state index is 13.4. The predicted molar refractivity (Wildman–Crippen MR) is 140 cm³/mol. The number of carbonyl (C=O) groups is 1. The standard InChI is InChI=1S/C26H35N3O6S2/c1-20-8-13-24(35-2)25(17-20)37(33,34)29-16-6-7-22(19-29)26(30)27-18-21-9-11-23(12-10-21)36(31,32)28-14-4-3-5-15-28/h8-13,17,22H,3-7,14-16,18-19H2,1-2H3,(H,27,30)/t22-/m1/s1. The molecule has 0 saturated carbocycles. The third-order valence-electron chi connectivity index (χ3n) is 7.03. The molecule has 4 rings (SSSR count). The Morgan fingerprint density at radius 3 is 2.27 bits per heavy atom. The van der Waals surface area contributed by atoms with Gasteiger partial charge in [0.25, 0.3) is 0 Å². The number of carbonyl (C=O) groups excluding carboxylic acids is 1. The van der Waals surface area contributed by atoms with Crippen molar-refractivity contribution in [2.75, 3.05) is 33.3 Å². The lowest BCUT2D eigenvalue weighted by Gasteiger charge is -2.31. The van der Waals surface area contributed by atoms with Crippen molar-refractivity contribution in [3.05, 3.63) is 53.6 Å². The summed E-state index contributed by atoms with van der Waals surface area (Å²) in [6, 6.07) is 11.6. The van der Waals surface area contributed by atoms with Gasteiger partial charge in [0.1, 0.15) is 10.6 Å². The lowest BCUT2D eigenvalue weighted by atomic mass is 9.99. The molecule has 0 spiro atoms. The number of nitrogens with zero attached hydrogens (tertiary/aromatic N) is 2. The summed E-state index contributed by atoms with van der Waals surface area (Å²) in [6.45, 7) is 3.59. The minimum Gasteiger partial charge on any atom is -0.495 e. The number of ether oxygens (including phenoxy) is 1. The molecule has 2 aliphatic heterocycles. The zero-order valence-electron chi connectivity index (χ0n) is 21.4. The van der Waals surface area contributed by atoms with Crippen LogP contribution in [-0.4, -0.2) is 64.6 Å². The van der Waals surface area contributed by atoms with E-state index < -0.39 is 26.0 Å². The first-order chi connectivity index (χ1) is 17.6. The van der Waals surface area contributed by atoms with Crippen molar-refractivity contribution in [1.29, 1.82) is 0 Å². The molecule has 2 fully saturated rings. The fraction of sp³-hybridized carbons (Fsp3) is 0.500. The van der Waals surface area contributed by atoms with E-state index in [-0.39, 0.29) is 34.5 Å². The molecule has 2 aromatic carbocycles. The molecular formula is C26H35N3O6S2. The second-order valence-corrected chi connectivity index (χ2v) is 13.5. The van der Waals surface area contributed by atoms with E-state index in [0.29, 0.717) is 32.5 Å². The Kier molecular flexibility index (Phi) is 8.57. The molecule has 2 saturated heterocycles. The highest BCUT2D eigenvalue weighted by Crippen LogP contribution is 2.30. The van der Waals surface area contributed by atoms with Crippen LogP contribution in [0.3, 0.4) is 0 Å². The van der Waals surface area contributed by atoms with Gasteiger partial charge in [0.05, 0.1) is 17.9 Å². The van der Waals surface area contributed by atoms with Crippen molar-refractivity contribution in [3.63, 3.8) is 0 Å². The average molecular weight is 550 g/mol. The first-order valence-corrected chi connectivity index (χ1v) is 15.5. The van der Waals surface area contributed by atoms with Gasteiger partial charge in [-0.05, 0) is 68.0 Å². The maximum Gasteiger partial charge on any atom is 0.246 e. The lowest BCUT2D eigenvalue weighted by molar-refractivity contribution is -0.126. The van der Waals surface area contributed by atoms with Gasteiger partial charge in [-0.3, -0.25) is 4.79 Å². The first kappa shape index (κ1) is 27.6. The molecule has 1 amide bonds. The van der Waals surface area contributed by atoms with Crippen LogP contribution in [0.1, 0.15) is 43.2 Å². The van der Waals surface area contributed by atoms with Gasteiger partial charge >= 0.3 is 0 Å². The summed E-state index contributed by atoms with van der Waals surface area (Å²) in [6.07, 6.45) is 3.98. The average Bonchev–Trinajstić information content (AvgIpc) is 2.92. The number of nitrogens with one attached hydrogen (secondary N) is 1. The van der Waals surface area contributed by atoms with E-state index in [1.807, 2.05) is 6.92 Å². The van der Waals surface area contributed by atoms with Gasteiger partial charge in [-0.1, -0.05) is 24.6 Å². The van der Waals surface area contributed by atoms with E-state index in [2.05, 4.69) is 5.32 Å². The van der Waals surface area contributed by atoms with E-state index in [1.165, 1.54) is 15.7 Å². The van der Waals surface area contributed by atoms with Crippen molar-refractivity contribution in [2.24, 2.45) is 5.92 Å². The van der Waals surface area contributed by atoms with Crippen LogP contribution in [-0.2, 0) is 31.4 Å². The second-order valence-electron chi connectivity index (χ2n) is 9.68. The lowest BCUT2D eigenvalue weighted by Crippen LogP contribution is -2.45. The Hall–Kier alpha value is -2.47. The largest absolute Gasteiger partial charge is 0.495 e. The summed E-state index contributed by atoms with van der Waals surface area (Å²) in [5.41, 5.74) is 1.58. The van der Waals surface area contributed by atoms with Crippen LogP contribution in [0.15, 0.2) is 52.3 Å². The molecule has 0 aliphatic carbocycles. The normalized spacial score (nSPS) is 19.9. The minimum atomic E-state index is -3.82. The summed E-state index contributed by atoms with van der Waals surface area (Å²) in [4.78, 5) is 13.3. The summed E-state index contributed by atoms with van der Waals surface area (Å²) < 4.78 is 60.6. The van der Waals surface area contributed by atoms with E-state index in [9.17, 15) is 21.6 Å². The Bertz CT molecular complexity index is 1320. The molecular weight excluding hydrogens is 514 g/mol. The highest BCUT2D eigenvalue weighted by Gasteiger charge is 2.35. The van der Waals surface area contributed by atoms with Gasteiger partial charge in [-0.2, -0.15) is 8.61 Å². The number of amides is 1. The van der Waals surface area contributed by atoms with Crippen molar-refractivity contribution < 1.29 is 26.4 Å². The fourth-order valence-corrected chi connectivity index (χ4v) is 8.15. The minimum absolute atomic E-state index is 0.0955. The number of methoxy groups -OCH3 is 1. The van der Waals surface area contributed by atoms with E-state index >= 15 is 0 Å². The quantitative estimate of drug-likeness (QED) is 0.542.